The Hall–Kier alpha value is -1.13. The Kier molecular flexibility index (Phi) is 2.51. The van der Waals surface area contributed by atoms with Gasteiger partial charge in [0.15, 0.2) is 0 Å². The standard InChI is InChI=1S/C14H15ClFNO2/c15-10-3-1-9(2-4-10)13(16)5-12(6-13)7-14(17,8-12)11(18)19/h1-4H,5-8,17H2,(H,18,19). The highest BCUT2D eigenvalue weighted by Crippen LogP contribution is 2.67. The van der Waals surface area contributed by atoms with E-state index < -0.39 is 17.2 Å². The third kappa shape index (κ3) is 1.85. The molecular formula is C14H15ClFNO2. The number of carboxylic acid groups (broad SMARTS) is 1. The highest BCUT2D eigenvalue weighted by Gasteiger charge is 2.67. The summed E-state index contributed by atoms with van der Waals surface area (Å²) < 4.78 is 14.7. The van der Waals surface area contributed by atoms with Crippen LogP contribution in [-0.2, 0) is 10.5 Å². The zero-order valence-corrected chi connectivity index (χ0v) is 11.1. The zero-order valence-electron chi connectivity index (χ0n) is 10.3. The van der Waals surface area contributed by atoms with Crippen LogP contribution in [0.25, 0.3) is 0 Å². The van der Waals surface area contributed by atoms with Gasteiger partial charge in [-0.25, -0.2) is 4.39 Å². The van der Waals surface area contributed by atoms with Crippen molar-refractivity contribution in [1.29, 1.82) is 0 Å². The first-order chi connectivity index (χ1) is 8.77. The fraction of sp³-hybridized carbons (Fsp3) is 0.500. The minimum absolute atomic E-state index is 0.221. The fourth-order valence-corrected chi connectivity index (χ4v) is 3.90. The molecule has 3 N–H and O–H groups in total. The van der Waals surface area contributed by atoms with Crippen molar-refractivity contribution >= 4 is 17.6 Å². The van der Waals surface area contributed by atoms with E-state index in [0.29, 0.717) is 36.3 Å². The van der Waals surface area contributed by atoms with Gasteiger partial charge in [-0.05, 0) is 48.8 Å². The number of hydrogen-bond donors (Lipinski definition) is 2. The molecule has 1 aromatic carbocycles. The Balaban J connectivity index is 1.70. The van der Waals surface area contributed by atoms with Gasteiger partial charge in [-0.1, -0.05) is 23.7 Å². The molecule has 102 valence electrons. The van der Waals surface area contributed by atoms with E-state index in [9.17, 15) is 9.18 Å². The van der Waals surface area contributed by atoms with Crippen molar-refractivity contribution in [2.24, 2.45) is 11.1 Å². The molecule has 0 unspecified atom stereocenters. The quantitative estimate of drug-likeness (QED) is 0.877. The number of rotatable bonds is 2. The molecule has 1 spiro atoms. The van der Waals surface area contributed by atoms with Gasteiger partial charge < -0.3 is 10.8 Å². The van der Waals surface area contributed by atoms with Gasteiger partial charge in [-0.3, -0.25) is 4.79 Å². The van der Waals surface area contributed by atoms with Crippen LogP contribution in [0.2, 0.25) is 5.02 Å². The molecule has 1 aromatic rings. The minimum atomic E-state index is -1.36. The molecule has 19 heavy (non-hydrogen) atoms. The molecule has 0 aliphatic heterocycles. The summed E-state index contributed by atoms with van der Waals surface area (Å²) in [4.78, 5) is 11.0. The number of hydrogen-bond acceptors (Lipinski definition) is 2. The van der Waals surface area contributed by atoms with Crippen molar-refractivity contribution in [1.82, 2.24) is 0 Å². The summed E-state index contributed by atoms with van der Waals surface area (Å²) in [5, 5.41) is 9.57. The Labute approximate surface area is 115 Å². The lowest BCUT2D eigenvalue weighted by molar-refractivity contribution is -0.180. The van der Waals surface area contributed by atoms with Crippen LogP contribution in [0.4, 0.5) is 4.39 Å². The Morgan fingerprint density at radius 1 is 1.21 bits per heavy atom. The molecule has 3 nitrogen and oxygen atoms in total. The highest BCUT2D eigenvalue weighted by molar-refractivity contribution is 6.30. The van der Waals surface area contributed by atoms with Crippen molar-refractivity contribution < 1.29 is 14.3 Å². The third-order valence-corrected chi connectivity index (χ3v) is 4.73. The molecule has 5 heteroatoms. The van der Waals surface area contributed by atoms with Crippen LogP contribution in [-0.4, -0.2) is 16.6 Å². The number of halogens is 2. The lowest BCUT2D eigenvalue weighted by Gasteiger charge is -2.62. The summed E-state index contributed by atoms with van der Waals surface area (Å²) in [5.74, 6) is -0.985. The lowest BCUT2D eigenvalue weighted by atomic mass is 9.44. The molecule has 2 aliphatic carbocycles. The molecular weight excluding hydrogens is 269 g/mol. The number of aliphatic carboxylic acids is 1. The van der Waals surface area contributed by atoms with E-state index in [-0.39, 0.29) is 5.41 Å². The molecule has 2 saturated carbocycles. The van der Waals surface area contributed by atoms with Gasteiger partial charge in [0.1, 0.15) is 11.2 Å². The molecule has 2 aliphatic rings. The van der Waals surface area contributed by atoms with E-state index >= 15 is 0 Å². The predicted molar refractivity (Wildman–Crippen MR) is 69.7 cm³/mol. The number of benzene rings is 1. The van der Waals surface area contributed by atoms with Crippen molar-refractivity contribution in [3.8, 4) is 0 Å². The average Bonchev–Trinajstić information content (AvgIpc) is 2.25. The number of carboxylic acids is 1. The first-order valence-electron chi connectivity index (χ1n) is 6.24. The van der Waals surface area contributed by atoms with Crippen LogP contribution < -0.4 is 5.73 Å². The van der Waals surface area contributed by atoms with Crippen molar-refractivity contribution in [2.75, 3.05) is 0 Å². The van der Waals surface area contributed by atoms with Crippen LogP contribution in [0.1, 0.15) is 31.2 Å². The minimum Gasteiger partial charge on any atom is -0.480 e. The summed E-state index contributed by atoms with van der Waals surface area (Å²) >= 11 is 5.79. The van der Waals surface area contributed by atoms with Gasteiger partial charge >= 0.3 is 5.97 Å². The number of nitrogens with two attached hydrogens (primary N) is 1. The van der Waals surface area contributed by atoms with E-state index in [4.69, 9.17) is 22.4 Å². The smallest absolute Gasteiger partial charge is 0.323 e. The van der Waals surface area contributed by atoms with Gasteiger partial charge in [0, 0.05) is 5.02 Å². The molecule has 0 atom stereocenters. The summed E-state index contributed by atoms with van der Waals surface area (Å²) in [6.45, 7) is 0. The highest BCUT2D eigenvalue weighted by atomic mass is 35.5. The predicted octanol–water partition coefficient (Wildman–Crippen LogP) is 2.86. The van der Waals surface area contributed by atoms with E-state index in [0.717, 1.165) is 0 Å². The van der Waals surface area contributed by atoms with Gasteiger partial charge in [-0.2, -0.15) is 0 Å². The van der Waals surface area contributed by atoms with Crippen molar-refractivity contribution in [3.63, 3.8) is 0 Å². The summed E-state index contributed by atoms with van der Waals surface area (Å²) in [7, 11) is 0. The molecule has 0 heterocycles. The second-order valence-electron chi connectivity index (χ2n) is 6.14. The number of alkyl halides is 1. The van der Waals surface area contributed by atoms with E-state index in [1.54, 1.807) is 24.3 Å². The normalized spacial score (nSPS) is 40.6. The van der Waals surface area contributed by atoms with Crippen LogP contribution in [0.3, 0.4) is 0 Å². The maximum Gasteiger partial charge on any atom is 0.323 e. The summed E-state index contributed by atoms with van der Waals surface area (Å²) in [6, 6.07) is 6.74. The lowest BCUT2D eigenvalue weighted by Crippen LogP contribution is -2.68. The SMILES string of the molecule is NC1(C(=O)O)CC2(C1)CC(F)(c1ccc(Cl)cc1)C2. The maximum absolute atomic E-state index is 14.7. The topological polar surface area (TPSA) is 63.3 Å². The van der Waals surface area contributed by atoms with Crippen molar-refractivity contribution in [3.05, 3.63) is 34.9 Å². The van der Waals surface area contributed by atoms with Gasteiger partial charge in [0.25, 0.3) is 0 Å². The first-order valence-corrected chi connectivity index (χ1v) is 6.62. The zero-order chi connectivity index (χ0) is 13.9. The fourth-order valence-electron chi connectivity index (χ4n) is 3.78. The second-order valence-corrected chi connectivity index (χ2v) is 6.58. The Morgan fingerprint density at radius 2 is 1.74 bits per heavy atom. The van der Waals surface area contributed by atoms with Gasteiger partial charge in [0.05, 0.1) is 0 Å². The Bertz CT molecular complexity index is 529. The van der Waals surface area contributed by atoms with Crippen molar-refractivity contribution in [2.45, 2.75) is 36.9 Å². The summed E-state index contributed by atoms with van der Waals surface area (Å²) in [5.41, 5.74) is 3.63. The number of carbonyl (C=O) groups is 1. The van der Waals surface area contributed by atoms with E-state index in [1.807, 2.05) is 0 Å². The second kappa shape index (κ2) is 3.70. The van der Waals surface area contributed by atoms with Crippen LogP contribution in [0.15, 0.2) is 24.3 Å². The molecule has 2 fully saturated rings. The summed E-state index contributed by atoms with van der Waals surface area (Å²) in [6.07, 6.45) is 1.45. The molecule has 0 radical (unpaired) electrons. The van der Waals surface area contributed by atoms with Crippen LogP contribution in [0.5, 0.6) is 0 Å². The Morgan fingerprint density at radius 3 is 2.21 bits per heavy atom. The molecule has 0 saturated heterocycles. The monoisotopic (exact) mass is 283 g/mol. The van der Waals surface area contributed by atoms with Crippen LogP contribution >= 0.6 is 11.6 Å². The van der Waals surface area contributed by atoms with Gasteiger partial charge in [-0.15, -0.1) is 0 Å². The van der Waals surface area contributed by atoms with E-state index in [2.05, 4.69) is 0 Å². The molecule has 0 aromatic heterocycles. The van der Waals surface area contributed by atoms with Crippen LogP contribution in [0, 0.1) is 5.41 Å². The molecule has 3 rings (SSSR count). The average molecular weight is 284 g/mol. The molecule has 0 amide bonds. The molecule has 0 bridgehead atoms. The third-order valence-electron chi connectivity index (χ3n) is 4.48. The largest absolute Gasteiger partial charge is 0.480 e. The van der Waals surface area contributed by atoms with E-state index in [1.165, 1.54) is 0 Å². The maximum atomic E-state index is 14.7. The van der Waals surface area contributed by atoms with Gasteiger partial charge in [0.2, 0.25) is 0 Å². The first kappa shape index (κ1) is 12.9.